The number of carbonyl (C=O) groups excluding carboxylic acids is 2. The van der Waals surface area contributed by atoms with Crippen LogP contribution in [0.25, 0.3) is 0 Å². The van der Waals surface area contributed by atoms with E-state index in [2.05, 4.69) is 17.2 Å². The predicted octanol–water partition coefficient (Wildman–Crippen LogP) is 4.73. The molecule has 0 spiro atoms. The molecule has 4 rings (SSSR count). The molecule has 1 saturated carbocycles. The average molecular weight is 493 g/mol. The van der Waals surface area contributed by atoms with Gasteiger partial charge in [0.2, 0.25) is 5.43 Å². The van der Waals surface area contributed by atoms with E-state index < -0.39 is 5.43 Å². The Morgan fingerprint density at radius 2 is 1.69 bits per heavy atom. The van der Waals surface area contributed by atoms with Gasteiger partial charge in [0.05, 0.1) is 0 Å². The third-order valence-electron chi connectivity index (χ3n) is 7.71. The van der Waals surface area contributed by atoms with Crippen LogP contribution in [0.2, 0.25) is 0 Å². The fourth-order valence-electron chi connectivity index (χ4n) is 5.57. The second kappa shape index (κ2) is 12.8. The van der Waals surface area contributed by atoms with Gasteiger partial charge >= 0.3 is 0 Å². The van der Waals surface area contributed by atoms with Crippen LogP contribution in [0.15, 0.2) is 41.6 Å². The summed E-state index contributed by atoms with van der Waals surface area (Å²) in [7, 11) is 0. The van der Waals surface area contributed by atoms with E-state index in [1.165, 1.54) is 19.3 Å². The predicted molar refractivity (Wildman–Crippen MR) is 141 cm³/mol. The zero-order valence-electron chi connectivity index (χ0n) is 21.6. The van der Waals surface area contributed by atoms with E-state index in [0.717, 1.165) is 57.1 Å². The number of rotatable bonds is 7. The number of aryl methyl sites for hydroxylation is 2. The minimum atomic E-state index is -0.460. The number of nitrogens with zero attached hydrogens (tertiary/aromatic N) is 3. The number of hydrogen-bond acceptors (Lipinski definition) is 4. The molecule has 0 radical (unpaired) electrons. The summed E-state index contributed by atoms with van der Waals surface area (Å²) in [6.07, 6.45) is 17.2. The number of likely N-dealkylation sites (tertiary alicyclic amines) is 1. The van der Waals surface area contributed by atoms with Gasteiger partial charge in [0.1, 0.15) is 11.1 Å². The van der Waals surface area contributed by atoms with Crippen LogP contribution in [-0.2, 0) is 13.0 Å². The Hall–Kier alpha value is -2.96. The van der Waals surface area contributed by atoms with Crippen LogP contribution in [0.1, 0.15) is 104 Å². The van der Waals surface area contributed by atoms with Gasteiger partial charge in [-0.15, -0.1) is 0 Å². The van der Waals surface area contributed by atoms with Crippen molar-refractivity contribution < 1.29 is 9.59 Å². The zero-order chi connectivity index (χ0) is 25.3. The molecule has 1 aliphatic heterocycles. The maximum Gasteiger partial charge on any atom is 0.259 e. The minimum absolute atomic E-state index is 0.0639. The second-order valence-corrected chi connectivity index (χ2v) is 10.3. The van der Waals surface area contributed by atoms with Crippen LogP contribution in [-0.4, -0.2) is 44.9 Å². The molecule has 0 bridgehead atoms. The van der Waals surface area contributed by atoms with Gasteiger partial charge < -0.3 is 14.8 Å². The number of carbonyl (C=O) groups is 2. The van der Waals surface area contributed by atoms with Gasteiger partial charge in [0, 0.05) is 55.9 Å². The van der Waals surface area contributed by atoms with Gasteiger partial charge in [-0.25, -0.2) is 0 Å². The molecule has 3 heterocycles. The van der Waals surface area contributed by atoms with Crippen molar-refractivity contribution in [2.75, 3.05) is 6.54 Å². The summed E-state index contributed by atoms with van der Waals surface area (Å²) in [5.41, 5.74) is 0.625. The smallest absolute Gasteiger partial charge is 0.259 e. The summed E-state index contributed by atoms with van der Waals surface area (Å²) in [4.78, 5) is 46.8. The molecule has 2 aliphatic rings. The van der Waals surface area contributed by atoms with Crippen molar-refractivity contribution in [3.05, 3.63) is 63.8 Å². The molecule has 0 aromatic carbocycles. The van der Waals surface area contributed by atoms with Crippen LogP contribution >= 0.6 is 0 Å². The highest BCUT2D eigenvalue weighted by Crippen LogP contribution is 2.22. The Bertz CT molecular complexity index is 1070. The number of piperidine rings is 1. The first-order valence-electron chi connectivity index (χ1n) is 13.8. The molecule has 2 fully saturated rings. The maximum atomic E-state index is 13.6. The molecule has 7 heteroatoms. The van der Waals surface area contributed by atoms with Crippen LogP contribution in [0, 0.1) is 0 Å². The number of amides is 2. The molecule has 194 valence electrons. The van der Waals surface area contributed by atoms with Gasteiger partial charge in [-0.2, -0.15) is 0 Å². The molecule has 0 unspecified atom stereocenters. The molecule has 1 aliphatic carbocycles. The summed E-state index contributed by atoms with van der Waals surface area (Å²) >= 11 is 0. The highest BCUT2D eigenvalue weighted by atomic mass is 16.2. The normalized spacial score (nSPS) is 19.4. The van der Waals surface area contributed by atoms with Crippen LogP contribution < -0.4 is 10.7 Å². The van der Waals surface area contributed by atoms with Crippen molar-refractivity contribution in [3.63, 3.8) is 0 Å². The Labute approximate surface area is 214 Å². The van der Waals surface area contributed by atoms with Gasteiger partial charge in [-0.1, -0.05) is 45.1 Å². The molecular formula is C29H40N4O3. The van der Waals surface area contributed by atoms with Crippen molar-refractivity contribution in [2.45, 2.75) is 103 Å². The summed E-state index contributed by atoms with van der Waals surface area (Å²) in [6.45, 7) is 3.27. The topological polar surface area (TPSA) is 84.3 Å². The van der Waals surface area contributed by atoms with Crippen LogP contribution in [0.3, 0.4) is 0 Å². The molecule has 36 heavy (non-hydrogen) atoms. The van der Waals surface area contributed by atoms with E-state index >= 15 is 0 Å². The Balaban J connectivity index is 1.62. The van der Waals surface area contributed by atoms with Crippen molar-refractivity contribution in [1.82, 2.24) is 19.8 Å². The molecule has 1 saturated heterocycles. The molecule has 1 N–H and O–H groups in total. The highest BCUT2D eigenvalue weighted by molar-refractivity contribution is 5.99. The van der Waals surface area contributed by atoms with Crippen LogP contribution in [0.5, 0.6) is 0 Å². The van der Waals surface area contributed by atoms with E-state index in [1.54, 1.807) is 18.6 Å². The fourth-order valence-corrected chi connectivity index (χ4v) is 5.57. The fraction of sp³-hybridized carbons (Fsp3) is 0.586. The lowest BCUT2D eigenvalue weighted by Crippen LogP contribution is -2.46. The lowest BCUT2D eigenvalue weighted by Gasteiger charge is -2.35. The lowest BCUT2D eigenvalue weighted by molar-refractivity contribution is 0.0605. The Morgan fingerprint density at radius 1 is 0.972 bits per heavy atom. The van der Waals surface area contributed by atoms with E-state index in [-0.39, 0.29) is 35.0 Å². The van der Waals surface area contributed by atoms with Crippen LogP contribution in [0.4, 0.5) is 0 Å². The molecule has 2 aromatic rings. The SMILES string of the molecule is CC[C@H]1CCCCN1C(=O)c1cn(CCc2ccccn2)cc(C(=O)NC2CCCCCCC2)c1=O. The minimum Gasteiger partial charge on any atom is -0.352 e. The first-order valence-corrected chi connectivity index (χ1v) is 13.8. The summed E-state index contributed by atoms with van der Waals surface area (Å²) < 4.78 is 1.82. The second-order valence-electron chi connectivity index (χ2n) is 10.3. The van der Waals surface area contributed by atoms with Crippen molar-refractivity contribution in [1.29, 1.82) is 0 Å². The van der Waals surface area contributed by atoms with Crippen molar-refractivity contribution >= 4 is 11.8 Å². The quantitative estimate of drug-likeness (QED) is 0.605. The first-order chi connectivity index (χ1) is 17.6. The summed E-state index contributed by atoms with van der Waals surface area (Å²) in [6, 6.07) is 5.99. The third kappa shape index (κ3) is 6.62. The van der Waals surface area contributed by atoms with E-state index in [9.17, 15) is 14.4 Å². The van der Waals surface area contributed by atoms with Crippen molar-refractivity contribution in [3.8, 4) is 0 Å². The van der Waals surface area contributed by atoms with Gasteiger partial charge in [0.25, 0.3) is 11.8 Å². The standard InChI is InChI=1S/C29H40N4O3/c1-2-24-15-9-11-18-33(24)29(36)26-21-32(19-16-22-12-8-10-17-30-22)20-25(27(26)34)28(35)31-23-13-6-4-3-5-7-14-23/h8,10,12,17,20-21,23-24H,2-7,9,11,13-16,18-19H2,1H3,(H,31,35)/t24-/m0/s1. The molecule has 1 atom stereocenters. The van der Waals surface area contributed by atoms with Crippen molar-refractivity contribution in [2.24, 2.45) is 0 Å². The molecular weight excluding hydrogens is 452 g/mol. The first kappa shape index (κ1) is 26.1. The van der Waals surface area contributed by atoms with Gasteiger partial charge in [0.15, 0.2) is 0 Å². The van der Waals surface area contributed by atoms with Gasteiger partial charge in [-0.3, -0.25) is 19.4 Å². The molecule has 7 nitrogen and oxygen atoms in total. The number of nitrogens with one attached hydrogen (secondary N) is 1. The zero-order valence-corrected chi connectivity index (χ0v) is 21.6. The highest BCUT2D eigenvalue weighted by Gasteiger charge is 2.29. The largest absolute Gasteiger partial charge is 0.352 e. The monoisotopic (exact) mass is 492 g/mol. The lowest BCUT2D eigenvalue weighted by atomic mass is 9.96. The summed E-state index contributed by atoms with van der Waals surface area (Å²) in [5, 5.41) is 3.12. The number of aromatic nitrogens is 2. The maximum absolute atomic E-state index is 13.6. The number of hydrogen-bond donors (Lipinski definition) is 1. The van der Waals surface area contributed by atoms with E-state index in [4.69, 9.17) is 0 Å². The Morgan fingerprint density at radius 3 is 2.42 bits per heavy atom. The third-order valence-corrected chi connectivity index (χ3v) is 7.71. The molecule has 2 amide bonds. The van der Waals surface area contributed by atoms with E-state index in [1.807, 2.05) is 27.7 Å². The number of pyridine rings is 2. The van der Waals surface area contributed by atoms with Gasteiger partial charge in [-0.05, 0) is 50.7 Å². The summed E-state index contributed by atoms with van der Waals surface area (Å²) in [5.74, 6) is -0.615. The Kier molecular flexibility index (Phi) is 9.31. The molecule has 2 aromatic heterocycles. The average Bonchev–Trinajstić information content (AvgIpc) is 2.89. The van der Waals surface area contributed by atoms with E-state index in [0.29, 0.717) is 19.5 Å².